The molecule has 2 atom stereocenters. The topological polar surface area (TPSA) is 41.1 Å². The zero-order valence-electron chi connectivity index (χ0n) is 20.0. The Bertz CT molecular complexity index is 1340. The highest BCUT2D eigenvalue weighted by Gasteiger charge is 2.31. The number of furan rings is 1. The van der Waals surface area contributed by atoms with Gasteiger partial charge in [0.1, 0.15) is 5.58 Å². The van der Waals surface area contributed by atoms with Gasteiger partial charge in [-0.2, -0.15) is 0 Å². The molecule has 1 aromatic heterocycles. The van der Waals surface area contributed by atoms with Crippen molar-refractivity contribution in [1.29, 1.82) is 0 Å². The number of aryl methyl sites for hydroxylation is 1. The molecule has 33 heavy (non-hydrogen) atoms. The second kappa shape index (κ2) is 8.18. The monoisotopic (exact) mass is 437 g/mol. The zero-order valence-corrected chi connectivity index (χ0v) is 20.0. The fraction of sp³-hybridized carbons (Fsp3) is 0.310. The second-order valence-electron chi connectivity index (χ2n) is 9.41. The number of benzene rings is 2. The van der Waals surface area contributed by atoms with Crippen LogP contribution < -0.4 is 4.90 Å². The standard InChI is InChI=1S/C29H31N3O/c1-7-21-26-16-25-19(4)30-17(2)14-27-24(23-11-9-8-10-22(23)18(3)31-27)13-12-20(25)15-28(26)33-29(21)32(5)6/h7-11,15-16,24,27H,1-2,12-14H2,3-6H3. The van der Waals surface area contributed by atoms with Gasteiger partial charge >= 0.3 is 0 Å². The lowest BCUT2D eigenvalue weighted by Crippen LogP contribution is -2.27. The molecule has 0 spiro atoms. The molecule has 2 aromatic carbocycles. The Morgan fingerprint density at radius 3 is 2.64 bits per heavy atom. The molecular formula is C29H31N3O. The van der Waals surface area contributed by atoms with Crippen LogP contribution in [-0.4, -0.2) is 31.6 Å². The molecule has 3 heterocycles. The van der Waals surface area contributed by atoms with Crippen molar-refractivity contribution >= 4 is 34.4 Å². The third-order valence-electron chi connectivity index (χ3n) is 7.00. The van der Waals surface area contributed by atoms with E-state index >= 15 is 0 Å². The maximum absolute atomic E-state index is 6.25. The molecule has 3 aromatic rings. The summed E-state index contributed by atoms with van der Waals surface area (Å²) in [6.45, 7) is 12.5. The number of aliphatic imine (C=N–C) groups is 2. The maximum atomic E-state index is 6.25. The normalized spacial score (nSPS) is 20.3. The molecule has 168 valence electrons. The van der Waals surface area contributed by atoms with E-state index in [0.717, 1.165) is 58.8 Å². The van der Waals surface area contributed by atoms with Gasteiger partial charge in [-0.1, -0.05) is 43.5 Å². The number of hydrogen-bond donors (Lipinski definition) is 0. The number of anilines is 1. The summed E-state index contributed by atoms with van der Waals surface area (Å²) in [5, 5.41) is 1.07. The summed E-state index contributed by atoms with van der Waals surface area (Å²) in [5.41, 5.74) is 10.0. The summed E-state index contributed by atoms with van der Waals surface area (Å²) in [5.74, 6) is 1.17. The van der Waals surface area contributed by atoms with Gasteiger partial charge in [-0.3, -0.25) is 9.98 Å². The average molecular weight is 438 g/mol. The molecule has 0 bridgehead atoms. The van der Waals surface area contributed by atoms with Gasteiger partial charge < -0.3 is 9.32 Å². The van der Waals surface area contributed by atoms with Crippen molar-refractivity contribution in [2.75, 3.05) is 19.0 Å². The van der Waals surface area contributed by atoms with Crippen LogP contribution in [0.3, 0.4) is 0 Å². The van der Waals surface area contributed by atoms with E-state index in [1.54, 1.807) is 0 Å². The summed E-state index contributed by atoms with van der Waals surface area (Å²) >= 11 is 0. The third kappa shape index (κ3) is 3.64. The van der Waals surface area contributed by atoms with Gasteiger partial charge in [0, 0.05) is 54.5 Å². The van der Waals surface area contributed by atoms with Crippen LogP contribution in [0.1, 0.15) is 60.4 Å². The van der Waals surface area contributed by atoms with E-state index in [-0.39, 0.29) is 6.04 Å². The number of rotatable bonds is 2. The predicted molar refractivity (Wildman–Crippen MR) is 140 cm³/mol. The summed E-state index contributed by atoms with van der Waals surface area (Å²) in [6.07, 6.45) is 4.62. The van der Waals surface area contributed by atoms with Gasteiger partial charge in [-0.05, 0) is 61.1 Å². The minimum absolute atomic E-state index is 0.172. The van der Waals surface area contributed by atoms with E-state index in [1.807, 2.05) is 25.1 Å². The molecule has 2 unspecified atom stereocenters. The van der Waals surface area contributed by atoms with Crippen LogP contribution in [0.5, 0.6) is 0 Å². The van der Waals surface area contributed by atoms with E-state index in [4.69, 9.17) is 14.4 Å². The lowest BCUT2D eigenvalue weighted by Gasteiger charge is -2.32. The Balaban J connectivity index is 1.65. The first kappa shape index (κ1) is 21.4. The highest BCUT2D eigenvalue weighted by Crippen LogP contribution is 2.40. The number of fused-ring (bicyclic) bond motifs is 5. The Labute approximate surface area is 196 Å². The summed E-state index contributed by atoms with van der Waals surface area (Å²) in [7, 11) is 3.99. The van der Waals surface area contributed by atoms with Crippen molar-refractivity contribution < 1.29 is 4.42 Å². The van der Waals surface area contributed by atoms with E-state index in [9.17, 15) is 0 Å². The van der Waals surface area contributed by atoms with Crippen LogP contribution in [0.4, 0.5) is 5.88 Å². The van der Waals surface area contributed by atoms with Crippen LogP contribution in [0.2, 0.25) is 0 Å². The molecule has 0 saturated heterocycles. The molecule has 4 heteroatoms. The number of hydrogen-bond acceptors (Lipinski definition) is 4. The molecule has 0 aliphatic carbocycles. The lowest BCUT2D eigenvalue weighted by molar-refractivity contribution is 0.489. The molecule has 4 nitrogen and oxygen atoms in total. The van der Waals surface area contributed by atoms with Crippen LogP contribution in [-0.2, 0) is 6.42 Å². The third-order valence-corrected chi connectivity index (χ3v) is 7.00. The fourth-order valence-corrected chi connectivity index (χ4v) is 5.46. The zero-order chi connectivity index (χ0) is 23.3. The number of nitrogens with zero attached hydrogens (tertiary/aromatic N) is 3. The maximum Gasteiger partial charge on any atom is 0.203 e. The van der Waals surface area contributed by atoms with Crippen molar-refractivity contribution in [2.45, 2.75) is 45.1 Å². The van der Waals surface area contributed by atoms with Gasteiger partial charge in [0.05, 0.1) is 6.04 Å². The Morgan fingerprint density at radius 2 is 1.88 bits per heavy atom. The minimum atomic E-state index is 0.172. The molecule has 0 fully saturated rings. The van der Waals surface area contributed by atoms with Crippen LogP contribution in [0.15, 0.2) is 69.7 Å². The molecule has 2 aliphatic rings. The minimum Gasteiger partial charge on any atom is -0.440 e. The van der Waals surface area contributed by atoms with Gasteiger partial charge in [-0.15, -0.1) is 0 Å². The molecular weight excluding hydrogens is 406 g/mol. The molecule has 5 rings (SSSR count). The van der Waals surface area contributed by atoms with Gasteiger partial charge in [0.2, 0.25) is 5.88 Å². The quantitative estimate of drug-likeness (QED) is 0.444. The average Bonchev–Trinajstić information content (AvgIpc) is 3.15. The lowest BCUT2D eigenvalue weighted by atomic mass is 9.78. The Kier molecular flexibility index (Phi) is 5.32. The first-order valence-corrected chi connectivity index (χ1v) is 11.6. The first-order chi connectivity index (χ1) is 15.9. The van der Waals surface area contributed by atoms with E-state index in [0.29, 0.717) is 5.92 Å². The van der Waals surface area contributed by atoms with Crippen LogP contribution in [0.25, 0.3) is 17.0 Å². The highest BCUT2D eigenvalue weighted by atomic mass is 16.4. The summed E-state index contributed by atoms with van der Waals surface area (Å²) in [4.78, 5) is 12.0. The molecule has 0 radical (unpaired) electrons. The van der Waals surface area contributed by atoms with Crippen molar-refractivity contribution in [3.8, 4) is 0 Å². The van der Waals surface area contributed by atoms with Crippen LogP contribution >= 0.6 is 0 Å². The molecule has 0 N–H and O–H groups in total. The molecule has 2 aliphatic heterocycles. The predicted octanol–water partition coefficient (Wildman–Crippen LogP) is 6.78. The van der Waals surface area contributed by atoms with Crippen molar-refractivity contribution in [3.63, 3.8) is 0 Å². The van der Waals surface area contributed by atoms with Crippen LogP contribution in [0, 0.1) is 0 Å². The smallest absolute Gasteiger partial charge is 0.203 e. The van der Waals surface area contributed by atoms with Gasteiger partial charge in [0.25, 0.3) is 0 Å². The first-order valence-electron chi connectivity index (χ1n) is 11.6. The van der Waals surface area contributed by atoms with E-state index in [1.165, 1.54) is 22.3 Å². The second-order valence-corrected chi connectivity index (χ2v) is 9.41. The van der Waals surface area contributed by atoms with Crippen molar-refractivity contribution in [2.24, 2.45) is 9.98 Å². The Morgan fingerprint density at radius 1 is 1.09 bits per heavy atom. The Hall–Kier alpha value is -3.40. The summed E-state index contributed by atoms with van der Waals surface area (Å²) in [6, 6.07) is 13.3. The molecule has 0 saturated carbocycles. The van der Waals surface area contributed by atoms with Crippen molar-refractivity contribution in [3.05, 3.63) is 83.1 Å². The summed E-state index contributed by atoms with van der Waals surface area (Å²) < 4.78 is 6.25. The highest BCUT2D eigenvalue weighted by molar-refractivity contribution is 6.05. The van der Waals surface area contributed by atoms with E-state index < -0.39 is 0 Å². The molecule has 0 amide bonds. The fourth-order valence-electron chi connectivity index (χ4n) is 5.46. The van der Waals surface area contributed by atoms with Gasteiger partial charge in [-0.25, -0.2) is 0 Å². The van der Waals surface area contributed by atoms with Gasteiger partial charge in [0.15, 0.2) is 0 Å². The largest absolute Gasteiger partial charge is 0.440 e. The van der Waals surface area contributed by atoms with Crippen molar-refractivity contribution in [1.82, 2.24) is 0 Å². The SMILES string of the molecule is C=Cc1c(N(C)C)oc2cc3c(cc12)C(C)=NC(=C)CC1N=C(C)c2ccccc2C1CC3. The van der Waals surface area contributed by atoms with E-state index in [2.05, 4.69) is 63.4 Å².